The molecule has 1 aromatic carbocycles. The van der Waals surface area contributed by atoms with Crippen molar-refractivity contribution < 1.29 is 4.79 Å². The van der Waals surface area contributed by atoms with Crippen LogP contribution in [0.25, 0.3) is 0 Å². The second kappa shape index (κ2) is 5.39. The summed E-state index contributed by atoms with van der Waals surface area (Å²) in [5.41, 5.74) is 8.87. The maximum atomic E-state index is 11.0. The predicted octanol–water partition coefficient (Wildman–Crippen LogP) is 2.67. The lowest BCUT2D eigenvalue weighted by Gasteiger charge is -2.10. The van der Waals surface area contributed by atoms with Gasteiger partial charge in [0.05, 0.1) is 5.69 Å². The summed E-state index contributed by atoms with van der Waals surface area (Å²) in [5, 5.41) is 5.87. The molecule has 0 unspecified atom stereocenters. The van der Waals surface area contributed by atoms with E-state index in [2.05, 4.69) is 15.6 Å². The molecular formula is C14H16N4O. The van der Waals surface area contributed by atoms with Crippen LogP contribution in [0, 0.1) is 6.92 Å². The zero-order valence-corrected chi connectivity index (χ0v) is 10.9. The van der Waals surface area contributed by atoms with E-state index in [1.807, 2.05) is 43.3 Å². The maximum Gasteiger partial charge on any atom is 0.221 e. The first-order valence-electron chi connectivity index (χ1n) is 5.92. The van der Waals surface area contributed by atoms with E-state index < -0.39 is 0 Å². The lowest BCUT2D eigenvalue weighted by molar-refractivity contribution is -0.114. The van der Waals surface area contributed by atoms with Crippen molar-refractivity contribution in [3.05, 3.63) is 42.1 Å². The monoisotopic (exact) mass is 256 g/mol. The fourth-order valence-corrected chi connectivity index (χ4v) is 1.68. The third kappa shape index (κ3) is 3.45. The minimum Gasteiger partial charge on any atom is -0.396 e. The van der Waals surface area contributed by atoms with E-state index in [1.54, 1.807) is 0 Å². The highest BCUT2D eigenvalue weighted by molar-refractivity contribution is 5.89. The van der Waals surface area contributed by atoms with Crippen molar-refractivity contribution in [2.24, 2.45) is 0 Å². The Morgan fingerprint density at radius 1 is 1.21 bits per heavy atom. The Morgan fingerprint density at radius 2 is 1.95 bits per heavy atom. The number of aryl methyl sites for hydroxylation is 1. The summed E-state index contributed by atoms with van der Waals surface area (Å²) in [7, 11) is 0. The molecule has 0 aliphatic rings. The molecule has 1 aromatic heterocycles. The number of amides is 1. The maximum absolute atomic E-state index is 11.0. The van der Waals surface area contributed by atoms with Crippen molar-refractivity contribution >= 4 is 28.8 Å². The van der Waals surface area contributed by atoms with Gasteiger partial charge in [-0.05, 0) is 37.3 Å². The van der Waals surface area contributed by atoms with Gasteiger partial charge >= 0.3 is 0 Å². The number of carbonyl (C=O) groups is 1. The number of carbonyl (C=O) groups excluding carboxylic acids is 1. The van der Waals surface area contributed by atoms with Crippen LogP contribution in [0.15, 0.2) is 36.4 Å². The number of nitrogens with one attached hydrogen (secondary N) is 2. The molecule has 0 aliphatic heterocycles. The molecule has 4 N–H and O–H groups in total. The van der Waals surface area contributed by atoms with Crippen molar-refractivity contribution in [2.45, 2.75) is 13.8 Å². The molecule has 2 rings (SSSR count). The zero-order chi connectivity index (χ0) is 13.8. The lowest BCUT2D eigenvalue weighted by Crippen LogP contribution is -2.06. The highest BCUT2D eigenvalue weighted by atomic mass is 16.1. The van der Waals surface area contributed by atoms with Crippen LogP contribution in [0.4, 0.5) is 22.9 Å². The van der Waals surface area contributed by atoms with Gasteiger partial charge in [0.2, 0.25) is 5.91 Å². The SMILES string of the molecule is CC(=O)Nc1cccc(Nc2nc(C)ccc2N)c1. The van der Waals surface area contributed by atoms with Crippen molar-refractivity contribution in [3.8, 4) is 0 Å². The number of pyridine rings is 1. The van der Waals surface area contributed by atoms with Gasteiger partial charge in [0.25, 0.3) is 0 Å². The standard InChI is InChI=1S/C14H16N4O/c1-9-6-7-13(15)14(16-9)18-12-5-3-4-11(8-12)17-10(2)19/h3-8H,15H2,1-2H3,(H,16,18)(H,17,19). The lowest BCUT2D eigenvalue weighted by atomic mass is 10.2. The third-order valence-corrected chi connectivity index (χ3v) is 2.51. The van der Waals surface area contributed by atoms with Gasteiger partial charge in [-0.2, -0.15) is 0 Å². The van der Waals surface area contributed by atoms with E-state index in [1.165, 1.54) is 6.92 Å². The second-order valence-corrected chi connectivity index (χ2v) is 4.28. The Balaban J connectivity index is 2.23. The fraction of sp³-hybridized carbons (Fsp3) is 0.143. The van der Waals surface area contributed by atoms with Crippen LogP contribution >= 0.6 is 0 Å². The van der Waals surface area contributed by atoms with Gasteiger partial charge in [0.1, 0.15) is 0 Å². The first kappa shape index (κ1) is 12.9. The summed E-state index contributed by atoms with van der Waals surface area (Å²) in [6.07, 6.45) is 0. The highest BCUT2D eigenvalue weighted by Crippen LogP contribution is 2.23. The van der Waals surface area contributed by atoms with Crippen molar-refractivity contribution in [1.29, 1.82) is 0 Å². The number of nitrogens with zero attached hydrogens (tertiary/aromatic N) is 1. The van der Waals surface area contributed by atoms with Crippen LogP contribution in [0.1, 0.15) is 12.6 Å². The number of hydrogen-bond acceptors (Lipinski definition) is 4. The van der Waals surface area contributed by atoms with Gasteiger partial charge in [0, 0.05) is 24.0 Å². The largest absolute Gasteiger partial charge is 0.396 e. The average molecular weight is 256 g/mol. The molecule has 98 valence electrons. The Labute approximate surface area is 111 Å². The molecular weight excluding hydrogens is 240 g/mol. The molecule has 0 aliphatic carbocycles. The normalized spacial score (nSPS) is 10.0. The Kier molecular flexibility index (Phi) is 3.66. The summed E-state index contributed by atoms with van der Waals surface area (Å²) in [5.74, 6) is 0.505. The van der Waals surface area contributed by atoms with Crippen LogP contribution in [-0.4, -0.2) is 10.9 Å². The molecule has 1 amide bonds. The van der Waals surface area contributed by atoms with Gasteiger partial charge in [0.15, 0.2) is 5.82 Å². The fourth-order valence-electron chi connectivity index (χ4n) is 1.68. The minimum absolute atomic E-state index is 0.106. The van der Waals surface area contributed by atoms with Gasteiger partial charge in [-0.3, -0.25) is 4.79 Å². The molecule has 19 heavy (non-hydrogen) atoms. The molecule has 5 heteroatoms. The van der Waals surface area contributed by atoms with E-state index >= 15 is 0 Å². The van der Waals surface area contributed by atoms with Crippen molar-refractivity contribution in [2.75, 3.05) is 16.4 Å². The molecule has 1 heterocycles. The average Bonchev–Trinajstić information content (AvgIpc) is 2.33. The summed E-state index contributed by atoms with van der Waals surface area (Å²) < 4.78 is 0. The number of nitrogens with two attached hydrogens (primary N) is 1. The zero-order valence-electron chi connectivity index (χ0n) is 10.9. The van der Waals surface area contributed by atoms with Gasteiger partial charge in [-0.1, -0.05) is 6.07 Å². The molecule has 0 fully saturated rings. The highest BCUT2D eigenvalue weighted by Gasteiger charge is 2.03. The van der Waals surface area contributed by atoms with Crippen molar-refractivity contribution in [1.82, 2.24) is 4.98 Å². The second-order valence-electron chi connectivity index (χ2n) is 4.28. The molecule has 0 saturated carbocycles. The number of hydrogen-bond donors (Lipinski definition) is 3. The molecule has 0 spiro atoms. The summed E-state index contributed by atoms with van der Waals surface area (Å²) in [4.78, 5) is 15.4. The Morgan fingerprint density at radius 3 is 2.68 bits per heavy atom. The van der Waals surface area contributed by atoms with Gasteiger partial charge in [-0.25, -0.2) is 4.98 Å². The van der Waals surface area contributed by atoms with Crippen LogP contribution in [-0.2, 0) is 4.79 Å². The molecule has 0 saturated heterocycles. The van der Waals surface area contributed by atoms with Gasteiger partial charge in [-0.15, -0.1) is 0 Å². The van der Waals surface area contributed by atoms with Gasteiger partial charge < -0.3 is 16.4 Å². The number of nitrogen functional groups attached to an aromatic ring is 1. The van der Waals surface area contributed by atoms with Crippen molar-refractivity contribution in [3.63, 3.8) is 0 Å². The number of aromatic nitrogens is 1. The summed E-state index contributed by atoms with van der Waals surface area (Å²) in [6, 6.07) is 11.0. The van der Waals surface area contributed by atoms with Crippen LogP contribution in [0.3, 0.4) is 0 Å². The van der Waals surface area contributed by atoms with E-state index in [0.717, 1.165) is 17.1 Å². The predicted molar refractivity (Wildman–Crippen MR) is 77.4 cm³/mol. The number of anilines is 4. The molecule has 0 bridgehead atoms. The van der Waals surface area contributed by atoms with E-state index in [0.29, 0.717) is 11.5 Å². The third-order valence-electron chi connectivity index (χ3n) is 2.51. The van der Waals surface area contributed by atoms with Crippen LogP contribution in [0.5, 0.6) is 0 Å². The van der Waals surface area contributed by atoms with E-state index in [9.17, 15) is 4.79 Å². The first-order valence-corrected chi connectivity index (χ1v) is 5.92. The summed E-state index contributed by atoms with van der Waals surface area (Å²) >= 11 is 0. The molecule has 5 nitrogen and oxygen atoms in total. The Bertz CT molecular complexity index is 610. The minimum atomic E-state index is -0.106. The summed E-state index contributed by atoms with van der Waals surface area (Å²) in [6.45, 7) is 3.37. The smallest absolute Gasteiger partial charge is 0.221 e. The molecule has 0 radical (unpaired) electrons. The van der Waals surface area contributed by atoms with Crippen LogP contribution < -0.4 is 16.4 Å². The topological polar surface area (TPSA) is 80.0 Å². The number of rotatable bonds is 3. The Hall–Kier alpha value is -2.56. The van der Waals surface area contributed by atoms with E-state index in [-0.39, 0.29) is 5.91 Å². The molecule has 0 atom stereocenters. The number of benzene rings is 1. The first-order chi connectivity index (χ1) is 9.04. The quantitative estimate of drug-likeness (QED) is 0.788. The molecule has 2 aromatic rings. The van der Waals surface area contributed by atoms with E-state index in [4.69, 9.17) is 5.73 Å². The van der Waals surface area contributed by atoms with Crippen LogP contribution in [0.2, 0.25) is 0 Å².